The summed E-state index contributed by atoms with van der Waals surface area (Å²) in [7, 11) is -0.910. The highest BCUT2D eigenvalue weighted by Gasteiger charge is 2.20. The average molecular weight is 430 g/mol. The van der Waals surface area contributed by atoms with Gasteiger partial charge >= 0.3 is 0 Å². The average Bonchev–Trinajstić information content (AvgIpc) is 2.77. The first-order valence-electron chi connectivity index (χ1n) is 8.97. The van der Waals surface area contributed by atoms with Gasteiger partial charge in [0.25, 0.3) is 0 Å². The first kappa shape index (κ1) is 21.3. The molecule has 11 heteroatoms. The maximum Gasteiger partial charge on any atom is 0.244 e. The summed E-state index contributed by atoms with van der Waals surface area (Å²) in [6.07, 6.45) is 3.07. The molecule has 30 heavy (non-hydrogen) atoms. The van der Waals surface area contributed by atoms with E-state index in [0.29, 0.717) is 29.7 Å². The van der Waals surface area contributed by atoms with E-state index in [-0.39, 0.29) is 17.2 Å². The third-order valence-corrected chi connectivity index (χ3v) is 5.45. The highest BCUT2D eigenvalue weighted by atomic mass is 32.2. The largest absolute Gasteiger partial charge is 0.497 e. The Labute approximate surface area is 174 Å². The van der Waals surface area contributed by atoms with Gasteiger partial charge in [-0.3, -0.25) is 0 Å². The molecule has 0 amide bonds. The van der Waals surface area contributed by atoms with Gasteiger partial charge in [-0.25, -0.2) is 28.1 Å². The molecule has 0 saturated carbocycles. The zero-order chi connectivity index (χ0) is 21.4. The van der Waals surface area contributed by atoms with Gasteiger partial charge in [0.15, 0.2) is 0 Å². The predicted molar refractivity (Wildman–Crippen MR) is 113 cm³/mol. The molecule has 0 radical (unpaired) electrons. The minimum Gasteiger partial charge on any atom is -0.497 e. The van der Waals surface area contributed by atoms with Crippen LogP contribution in [0.15, 0.2) is 59.9 Å². The fourth-order valence-electron chi connectivity index (χ4n) is 2.54. The first-order chi connectivity index (χ1) is 14.5. The van der Waals surface area contributed by atoms with Crippen LogP contribution in [0.2, 0.25) is 0 Å². The summed E-state index contributed by atoms with van der Waals surface area (Å²) in [6, 6.07) is 11.8. The molecule has 3 rings (SSSR count). The van der Waals surface area contributed by atoms with Gasteiger partial charge in [0, 0.05) is 31.4 Å². The van der Waals surface area contributed by atoms with E-state index in [1.807, 2.05) is 18.2 Å². The second kappa shape index (κ2) is 9.85. The minimum absolute atomic E-state index is 0.00762. The summed E-state index contributed by atoms with van der Waals surface area (Å²) in [4.78, 5) is 12.4. The van der Waals surface area contributed by atoms with Crippen molar-refractivity contribution in [1.82, 2.24) is 19.7 Å². The zero-order valence-electron chi connectivity index (χ0n) is 16.5. The molecule has 2 aromatic heterocycles. The highest BCUT2D eigenvalue weighted by molar-refractivity contribution is 7.89. The van der Waals surface area contributed by atoms with E-state index in [4.69, 9.17) is 9.47 Å². The summed E-state index contributed by atoms with van der Waals surface area (Å²) in [5.74, 6) is 2.41. The second-order valence-electron chi connectivity index (χ2n) is 5.97. The van der Waals surface area contributed by atoms with Crippen LogP contribution in [-0.4, -0.2) is 50.7 Å². The molecule has 0 aliphatic carbocycles. The molecule has 1 aromatic carbocycles. The Kier molecular flexibility index (Phi) is 6.99. The van der Waals surface area contributed by atoms with Crippen molar-refractivity contribution in [2.45, 2.75) is 4.90 Å². The van der Waals surface area contributed by atoms with Crippen LogP contribution in [-0.2, 0) is 10.0 Å². The number of benzene rings is 1. The Hall–Kier alpha value is -3.44. The Morgan fingerprint density at radius 2 is 1.73 bits per heavy atom. The van der Waals surface area contributed by atoms with E-state index in [2.05, 4.69) is 30.3 Å². The SMILES string of the molecule is COc1ccc(OC)c(S(=O)(=O)NCCNc2cc(Nc3ccccn3)ncn2)c1. The maximum atomic E-state index is 12.6. The van der Waals surface area contributed by atoms with E-state index >= 15 is 0 Å². The van der Waals surface area contributed by atoms with E-state index < -0.39 is 10.0 Å². The van der Waals surface area contributed by atoms with E-state index in [0.717, 1.165) is 0 Å². The molecule has 3 N–H and O–H groups in total. The topological polar surface area (TPSA) is 127 Å². The number of hydrogen-bond acceptors (Lipinski definition) is 9. The molecule has 0 aliphatic rings. The van der Waals surface area contributed by atoms with Crippen LogP contribution in [0.5, 0.6) is 11.5 Å². The third-order valence-electron chi connectivity index (χ3n) is 3.97. The molecule has 0 fully saturated rings. The molecule has 0 saturated heterocycles. The lowest BCUT2D eigenvalue weighted by atomic mass is 10.3. The number of ether oxygens (including phenoxy) is 2. The summed E-state index contributed by atoms with van der Waals surface area (Å²) < 4.78 is 38.0. The van der Waals surface area contributed by atoms with Crippen LogP contribution in [0.3, 0.4) is 0 Å². The quantitative estimate of drug-likeness (QED) is 0.414. The van der Waals surface area contributed by atoms with Gasteiger partial charge in [0.2, 0.25) is 10.0 Å². The van der Waals surface area contributed by atoms with Gasteiger partial charge < -0.3 is 20.1 Å². The fraction of sp³-hybridized carbons (Fsp3) is 0.211. The van der Waals surface area contributed by atoms with E-state index in [1.165, 1.54) is 26.6 Å². The van der Waals surface area contributed by atoms with E-state index in [1.54, 1.807) is 24.4 Å². The maximum absolute atomic E-state index is 12.6. The highest BCUT2D eigenvalue weighted by Crippen LogP contribution is 2.27. The monoisotopic (exact) mass is 430 g/mol. The number of pyridine rings is 1. The smallest absolute Gasteiger partial charge is 0.244 e. The molecule has 0 atom stereocenters. The van der Waals surface area contributed by atoms with Gasteiger partial charge in [-0.15, -0.1) is 0 Å². The van der Waals surface area contributed by atoms with Gasteiger partial charge in [-0.1, -0.05) is 6.07 Å². The van der Waals surface area contributed by atoms with Gasteiger partial charge in [-0.2, -0.15) is 0 Å². The van der Waals surface area contributed by atoms with Crippen molar-refractivity contribution in [1.29, 1.82) is 0 Å². The van der Waals surface area contributed by atoms with Crippen LogP contribution in [0.1, 0.15) is 0 Å². The van der Waals surface area contributed by atoms with Crippen molar-refractivity contribution >= 4 is 27.5 Å². The lowest BCUT2D eigenvalue weighted by Gasteiger charge is -2.12. The number of nitrogens with zero attached hydrogens (tertiary/aromatic N) is 3. The Bertz CT molecular complexity index is 1080. The van der Waals surface area contributed by atoms with Crippen molar-refractivity contribution in [3.8, 4) is 11.5 Å². The summed E-state index contributed by atoms with van der Waals surface area (Å²) in [5.41, 5.74) is 0. The van der Waals surface area contributed by atoms with Crippen LogP contribution in [0, 0.1) is 0 Å². The van der Waals surface area contributed by atoms with E-state index in [9.17, 15) is 8.42 Å². The van der Waals surface area contributed by atoms with Crippen molar-refractivity contribution in [2.24, 2.45) is 0 Å². The molecule has 158 valence electrons. The Balaban J connectivity index is 1.58. The number of rotatable bonds is 10. The first-order valence-corrected chi connectivity index (χ1v) is 10.5. The van der Waals surface area contributed by atoms with Gasteiger partial charge in [0.1, 0.15) is 40.2 Å². The standard InChI is InChI=1S/C19H22N6O4S/c1-28-14-6-7-15(29-2)16(11-14)30(26,27)24-10-9-21-18-12-19(23-13-22-18)25-17-5-3-4-8-20-17/h3-8,11-13,24H,9-10H2,1-2H3,(H2,20,21,22,23,25). The molecule has 10 nitrogen and oxygen atoms in total. The van der Waals surface area contributed by atoms with Crippen molar-refractivity contribution < 1.29 is 17.9 Å². The number of nitrogens with one attached hydrogen (secondary N) is 3. The van der Waals surface area contributed by atoms with Crippen LogP contribution in [0.4, 0.5) is 17.5 Å². The molecular formula is C19H22N6O4S. The number of anilines is 3. The molecule has 0 bridgehead atoms. The zero-order valence-corrected chi connectivity index (χ0v) is 17.3. The Morgan fingerprint density at radius 3 is 2.47 bits per heavy atom. The van der Waals surface area contributed by atoms with Crippen molar-refractivity contribution in [2.75, 3.05) is 37.9 Å². The van der Waals surface area contributed by atoms with Crippen LogP contribution < -0.4 is 24.8 Å². The third kappa shape index (κ3) is 5.55. The lowest BCUT2D eigenvalue weighted by Crippen LogP contribution is -2.29. The summed E-state index contributed by atoms with van der Waals surface area (Å²) in [6.45, 7) is 0.446. The van der Waals surface area contributed by atoms with Crippen molar-refractivity contribution in [3.05, 3.63) is 55.0 Å². The second-order valence-corrected chi connectivity index (χ2v) is 7.71. The molecule has 0 unspecified atom stereocenters. The summed E-state index contributed by atoms with van der Waals surface area (Å²) >= 11 is 0. The fourth-order valence-corrected chi connectivity index (χ4v) is 3.75. The van der Waals surface area contributed by atoms with Crippen LogP contribution in [0.25, 0.3) is 0 Å². The number of sulfonamides is 1. The molecule has 0 spiro atoms. The van der Waals surface area contributed by atoms with Crippen molar-refractivity contribution in [3.63, 3.8) is 0 Å². The minimum atomic E-state index is -3.79. The van der Waals surface area contributed by atoms with Gasteiger partial charge in [0.05, 0.1) is 14.2 Å². The number of aromatic nitrogens is 3. The molecule has 0 aliphatic heterocycles. The number of methoxy groups -OCH3 is 2. The van der Waals surface area contributed by atoms with Gasteiger partial charge in [-0.05, 0) is 24.3 Å². The lowest BCUT2D eigenvalue weighted by molar-refractivity contribution is 0.392. The predicted octanol–water partition coefficient (Wildman–Crippen LogP) is 2.02. The Morgan fingerprint density at radius 1 is 0.900 bits per heavy atom. The molecule has 2 heterocycles. The van der Waals surface area contributed by atoms with Crippen LogP contribution >= 0.6 is 0 Å². The molecular weight excluding hydrogens is 408 g/mol. The summed E-state index contributed by atoms with van der Waals surface area (Å²) in [5, 5.41) is 6.12. The molecule has 3 aromatic rings. The number of hydrogen-bond donors (Lipinski definition) is 3. The normalized spacial score (nSPS) is 11.0.